The van der Waals surface area contributed by atoms with Gasteiger partial charge >= 0.3 is 0 Å². The molecule has 0 atom stereocenters. The fourth-order valence-electron chi connectivity index (χ4n) is 1.94. The lowest BCUT2D eigenvalue weighted by Crippen LogP contribution is -2.27. The number of aromatic nitrogens is 1. The van der Waals surface area contributed by atoms with E-state index in [0.717, 1.165) is 29.5 Å². The molecule has 0 aliphatic heterocycles. The van der Waals surface area contributed by atoms with E-state index in [2.05, 4.69) is 15.8 Å². The summed E-state index contributed by atoms with van der Waals surface area (Å²) in [6.45, 7) is 3.54. The number of terminal acetylenes is 1. The first kappa shape index (κ1) is 11.9. The summed E-state index contributed by atoms with van der Waals surface area (Å²) in [5.74, 6) is 4.33. The quantitative estimate of drug-likeness (QED) is 0.783. The number of aliphatic hydroxyl groups is 1. The van der Waals surface area contributed by atoms with Crippen molar-refractivity contribution in [2.45, 2.75) is 26.4 Å². The van der Waals surface area contributed by atoms with E-state index in [9.17, 15) is 5.11 Å². The summed E-state index contributed by atoms with van der Waals surface area (Å²) in [4.78, 5) is 6.63. The minimum absolute atomic E-state index is 0.0453. The fourth-order valence-corrected chi connectivity index (χ4v) is 1.94. The van der Waals surface area contributed by atoms with Crippen LogP contribution in [0.2, 0.25) is 0 Å². The molecule has 1 aliphatic carbocycles. The number of hydrogen-bond acceptors (Lipinski definition) is 3. The van der Waals surface area contributed by atoms with E-state index in [1.807, 2.05) is 19.1 Å². The molecule has 17 heavy (non-hydrogen) atoms. The van der Waals surface area contributed by atoms with Crippen molar-refractivity contribution in [2.24, 2.45) is 5.92 Å². The van der Waals surface area contributed by atoms with Gasteiger partial charge in [-0.1, -0.05) is 5.92 Å². The highest BCUT2D eigenvalue weighted by Gasteiger charge is 2.24. The first-order valence-corrected chi connectivity index (χ1v) is 5.99. The van der Waals surface area contributed by atoms with Crippen molar-refractivity contribution in [3.8, 4) is 12.3 Å². The Bertz CT molecular complexity index is 432. The Kier molecular flexibility index (Phi) is 3.65. The average Bonchev–Trinajstić information content (AvgIpc) is 3.11. The van der Waals surface area contributed by atoms with Crippen molar-refractivity contribution in [3.63, 3.8) is 0 Å². The van der Waals surface area contributed by atoms with Crippen LogP contribution < -0.4 is 4.90 Å². The van der Waals surface area contributed by atoms with Crippen LogP contribution in [-0.4, -0.2) is 23.2 Å². The third kappa shape index (κ3) is 3.21. The van der Waals surface area contributed by atoms with E-state index in [0.29, 0.717) is 6.54 Å². The van der Waals surface area contributed by atoms with Gasteiger partial charge in [-0.2, -0.15) is 0 Å². The summed E-state index contributed by atoms with van der Waals surface area (Å²) in [5.41, 5.74) is 1.81. The van der Waals surface area contributed by atoms with E-state index in [-0.39, 0.29) is 6.61 Å². The molecule has 0 saturated heterocycles. The van der Waals surface area contributed by atoms with Gasteiger partial charge < -0.3 is 10.0 Å². The normalized spacial score (nSPS) is 14.4. The lowest BCUT2D eigenvalue weighted by molar-refractivity contribution is 0.281. The fraction of sp³-hybridized carbons (Fsp3) is 0.500. The summed E-state index contributed by atoms with van der Waals surface area (Å²) in [6, 6.07) is 3.82. The molecular weight excluding hydrogens is 212 g/mol. The third-order valence-corrected chi connectivity index (χ3v) is 2.96. The minimum Gasteiger partial charge on any atom is -0.392 e. The second-order valence-corrected chi connectivity index (χ2v) is 4.66. The number of nitrogens with zero attached hydrogens (tertiary/aromatic N) is 2. The summed E-state index contributed by atoms with van der Waals surface area (Å²) in [5, 5.41) is 9.21. The maximum atomic E-state index is 9.21. The molecule has 0 radical (unpaired) electrons. The van der Waals surface area contributed by atoms with Crippen molar-refractivity contribution in [1.82, 2.24) is 4.98 Å². The lowest BCUT2D eigenvalue weighted by Gasteiger charge is -2.22. The Morgan fingerprint density at radius 2 is 2.29 bits per heavy atom. The van der Waals surface area contributed by atoms with Crippen LogP contribution in [0.1, 0.15) is 24.1 Å². The molecule has 3 nitrogen and oxygen atoms in total. The predicted molar refractivity (Wildman–Crippen MR) is 68.7 cm³/mol. The zero-order valence-electron chi connectivity index (χ0n) is 10.2. The topological polar surface area (TPSA) is 36.4 Å². The van der Waals surface area contributed by atoms with E-state index in [1.165, 1.54) is 12.8 Å². The minimum atomic E-state index is 0.0453. The van der Waals surface area contributed by atoms with Crippen molar-refractivity contribution < 1.29 is 5.11 Å². The number of aryl methyl sites for hydroxylation is 1. The summed E-state index contributed by atoms with van der Waals surface area (Å²) in [6.07, 6.45) is 7.99. The number of aliphatic hydroxyl groups excluding tert-OH is 1. The number of pyridine rings is 1. The van der Waals surface area contributed by atoms with Gasteiger partial charge in [-0.25, -0.2) is 4.98 Å². The smallest absolute Gasteiger partial charge is 0.129 e. The van der Waals surface area contributed by atoms with Gasteiger partial charge in [0.15, 0.2) is 0 Å². The first-order chi connectivity index (χ1) is 8.22. The molecular formula is C14H18N2O. The monoisotopic (exact) mass is 230 g/mol. The Balaban J connectivity index is 2.20. The third-order valence-electron chi connectivity index (χ3n) is 2.96. The largest absolute Gasteiger partial charge is 0.392 e. The molecule has 0 aromatic carbocycles. The Hall–Kier alpha value is -1.53. The molecule has 0 unspecified atom stereocenters. The molecule has 0 bridgehead atoms. The van der Waals surface area contributed by atoms with Crippen LogP contribution in [0.3, 0.4) is 0 Å². The van der Waals surface area contributed by atoms with Crippen LogP contribution in [-0.2, 0) is 6.61 Å². The number of rotatable bonds is 5. The second kappa shape index (κ2) is 5.20. The highest BCUT2D eigenvalue weighted by atomic mass is 16.3. The van der Waals surface area contributed by atoms with Gasteiger partial charge in [0, 0.05) is 12.2 Å². The summed E-state index contributed by atoms with van der Waals surface area (Å²) in [7, 11) is 0. The predicted octanol–water partition coefficient (Wildman–Crippen LogP) is 1.73. The number of anilines is 1. The van der Waals surface area contributed by atoms with Gasteiger partial charge in [0.05, 0.1) is 13.2 Å². The molecule has 1 heterocycles. The molecule has 2 rings (SSSR count). The Labute approximate surface area is 102 Å². The molecule has 90 valence electrons. The zero-order chi connectivity index (χ0) is 12.3. The molecule has 1 aromatic rings. The van der Waals surface area contributed by atoms with E-state index < -0.39 is 0 Å². The van der Waals surface area contributed by atoms with E-state index >= 15 is 0 Å². The van der Waals surface area contributed by atoms with Crippen LogP contribution in [0.15, 0.2) is 12.1 Å². The molecule has 1 fully saturated rings. The molecule has 0 spiro atoms. The summed E-state index contributed by atoms with van der Waals surface area (Å²) < 4.78 is 0. The molecule has 0 amide bonds. The van der Waals surface area contributed by atoms with Gasteiger partial charge in [-0.15, -0.1) is 6.42 Å². The van der Waals surface area contributed by atoms with Crippen LogP contribution in [0, 0.1) is 25.2 Å². The maximum absolute atomic E-state index is 9.21. The number of hydrogen-bond donors (Lipinski definition) is 1. The van der Waals surface area contributed by atoms with Crippen LogP contribution >= 0.6 is 0 Å². The van der Waals surface area contributed by atoms with Crippen LogP contribution in [0.4, 0.5) is 5.82 Å². The standard InChI is InChI=1S/C14H18N2O/c1-3-6-16(9-12-4-5-12)14-8-13(10-17)7-11(2)15-14/h1,7-8,12,17H,4-6,9-10H2,2H3. The highest BCUT2D eigenvalue weighted by Crippen LogP contribution is 2.31. The Morgan fingerprint density at radius 3 is 2.88 bits per heavy atom. The zero-order valence-corrected chi connectivity index (χ0v) is 10.2. The molecule has 1 aliphatic rings. The second-order valence-electron chi connectivity index (χ2n) is 4.66. The lowest BCUT2D eigenvalue weighted by atomic mass is 10.2. The first-order valence-electron chi connectivity index (χ1n) is 5.99. The van der Waals surface area contributed by atoms with E-state index in [1.54, 1.807) is 0 Å². The van der Waals surface area contributed by atoms with E-state index in [4.69, 9.17) is 6.42 Å². The Morgan fingerprint density at radius 1 is 1.53 bits per heavy atom. The van der Waals surface area contributed by atoms with Gasteiger partial charge in [-0.3, -0.25) is 0 Å². The van der Waals surface area contributed by atoms with Crippen molar-refractivity contribution in [2.75, 3.05) is 18.0 Å². The highest BCUT2D eigenvalue weighted by molar-refractivity contribution is 5.44. The molecule has 3 heteroatoms. The van der Waals surface area contributed by atoms with Gasteiger partial charge in [0.25, 0.3) is 0 Å². The van der Waals surface area contributed by atoms with Gasteiger partial charge in [0.1, 0.15) is 5.82 Å². The molecule has 1 aromatic heterocycles. The van der Waals surface area contributed by atoms with Gasteiger partial charge in [-0.05, 0) is 43.4 Å². The molecule has 1 N–H and O–H groups in total. The van der Waals surface area contributed by atoms with Crippen LogP contribution in [0.25, 0.3) is 0 Å². The maximum Gasteiger partial charge on any atom is 0.129 e. The molecule has 1 saturated carbocycles. The van der Waals surface area contributed by atoms with Crippen LogP contribution in [0.5, 0.6) is 0 Å². The van der Waals surface area contributed by atoms with Crippen molar-refractivity contribution >= 4 is 5.82 Å². The SMILES string of the molecule is C#CCN(CC1CC1)c1cc(CO)cc(C)n1. The van der Waals surface area contributed by atoms with Gasteiger partial charge in [0.2, 0.25) is 0 Å². The van der Waals surface area contributed by atoms with Crippen molar-refractivity contribution in [3.05, 3.63) is 23.4 Å². The average molecular weight is 230 g/mol. The van der Waals surface area contributed by atoms with Crippen molar-refractivity contribution in [1.29, 1.82) is 0 Å². The summed E-state index contributed by atoms with van der Waals surface area (Å²) >= 11 is 0.